The zero-order valence-electron chi connectivity index (χ0n) is 42.5. The van der Waals surface area contributed by atoms with E-state index in [1.807, 2.05) is 26.2 Å². The van der Waals surface area contributed by atoms with Gasteiger partial charge in [-0.3, -0.25) is 4.79 Å². The summed E-state index contributed by atoms with van der Waals surface area (Å²) in [7, 11) is -2.83. The van der Waals surface area contributed by atoms with Crippen LogP contribution in [0.25, 0.3) is 44.1 Å². The number of carbonyl (C=O) groups excluding carboxylic acids is 1. The topological polar surface area (TPSA) is 63.1 Å². The van der Waals surface area contributed by atoms with E-state index < -0.39 is 40.4 Å². The Labute approximate surface area is 415 Å². The number of hydrogen-bond acceptors (Lipinski definition) is 4. The van der Waals surface area contributed by atoms with Gasteiger partial charge in [0.25, 0.3) is 0 Å². The summed E-state index contributed by atoms with van der Waals surface area (Å²) in [5.74, 6) is -2.00. The number of aryl methyl sites for hydroxylation is 4. The van der Waals surface area contributed by atoms with Gasteiger partial charge in [-0.05, 0) is 75.4 Å². The molecule has 4 nitrogen and oxygen atoms in total. The van der Waals surface area contributed by atoms with Gasteiger partial charge in [-0.1, -0.05) is 149 Å². The van der Waals surface area contributed by atoms with Crippen LogP contribution in [-0.4, -0.2) is 43.2 Å². The summed E-state index contributed by atoms with van der Waals surface area (Å²) in [5, 5.41) is 17.7. The number of allylic oxidation sites excluding steroid dienone is 2. The number of alkyl halides is 3. The molecular formula is C57H73F3IrN2O2Si2-2. The number of fused-ring (bicyclic) bond motifs is 2. The van der Waals surface area contributed by atoms with E-state index in [9.17, 15) is 23.1 Å². The fraction of sp³-hybridized carbons (Fsp3) is 0.421. The van der Waals surface area contributed by atoms with Crippen LogP contribution in [0.3, 0.4) is 0 Å². The van der Waals surface area contributed by atoms with Gasteiger partial charge in [0.15, 0.2) is 5.78 Å². The second kappa shape index (κ2) is 24.4. The Hall–Kier alpha value is -4.22. The number of hydrogen-bond donors (Lipinski definition) is 1. The number of pyridine rings is 2. The van der Waals surface area contributed by atoms with Gasteiger partial charge in [0, 0.05) is 50.4 Å². The summed E-state index contributed by atoms with van der Waals surface area (Å²) >= 11 is 0. The Balaban J connectivity index is 0.000000268. The van der Waals surface area contributed by atoms with E-state index in [4.69, 9.17) is 0 Å². The van der Waals surface area contributed by atoms with Gasteiger partial charge in [0.1, 0.15) is 0 Å². The summed E-state index contributed by atoms with van der Waals surface area (Å²) in [6.45, 7) is 32.9. The van der Waals surface area contributed by atoms with E-state index >= 15 is 0 Å². The van der Waals surface area contributed by atoms with E-state index in [1.165, 1.54) is 43.0 Å². The molecule has 0 amide bonds. The summed E-state index contributed by atoms with van der Waals surface area (Å²) < 4.78 is 36.8. The molecular weight excluding hydrogens is 1050 g/mol. The maximum Gasteiger partial charge on any atom is 0.389 e. The molecule has 1 unspecified atom stereocenters. The molecule has 4 aromatic carbocycles. The Bertz CT molecular complexity index is 2440. The van der Waals surface area contributed by atoms with E-state index in [-0.39, 0.29) is 38.2 Å². The van der Waals surface area contributed by atoms with Gasteiger partial charge in [-0.15, -0.1) is 69.8 Å². The maximum absolute atomic E-state index is 12.3. The summed E-state index contributed by atoms with van der Waals surface area (Å²) in [6.07, 6.45) is 0.788. The Morgan fingerprint density at radius 3 is 1.36 bits per heavy atom. The molecule has 67 heavy (non-hydrogen) atoms. The number of rotatable bonds is 13. The standard InChI is InChI=1S/2C22H26NSi.C13H21F3O2.Ir/c2*1-15(2)24(5,6)20-7-8-21-18(14-20)9-10-23-22(21)19-12-16(3)11-17(4)13-19;1-4-9(5-2)11(17)7-12(18)10(6-3)8-13(14,15)16;/h2*7-12,14-15H,1-6H3;7,9-10,18H,4-6,8H2,1-3H3;/q2*-1;;/b;;12-7-;. The average Bonchev–Trinajstić information content (AvgIpc) is 3.24. The zero-order chi connectivity index (χ0) is 49.3. The third-order valence-corrected chi connectivity index (χ3v) is 23.1. The van der Waals surface area contributed by atoms with Crippen molar-refractivity contribution in [1.82, 2.24) is 9.97 Å². The van der Waals surface area contributed by atoms with E-state index in [0.29, 0.717) is 12.8 Å². The second-order valence-electron chi connectivity index (χ2n) is 19.9. The number of aliphatic hydroxyl groups excluding tert-OH is 1. The predicted octanol–water partition coefficient (Wildman–Crippen LogP) is 15.7. The van der Waals surface area contributed by atoms with Crippen molar-refractivity contribution in [3.8, 4) is 22.5 Å². The van der Waals surface area contributed by atoms with Crippen molar-refractivity contribution in [2.24, 2.45) is 11.8 Å². The Morgan fingerprint density at radius 1 is 0.642 bits per heavy atom. The second-order valence-corrected chi connectivity index (χ2v) is 30.2. The minimum absolute atomic E-state index is 0. The normalized spacial score (nSPS) is 12.7. The molecule has 1 atom stereocenters. The first kappa shape index (κ1) is 57.1. The number of halogens is 3. The summed E-state index contributed by atoms with van der Waals surface area (Å²) in [4.78, 5) is 21.0. The monoisotopic (exact) mass is 1120 g/mol. The van der Waals surface area contributed by atoms with E-state index in [1.54, 1.807) is 6.92 Å². The molecule has 1 N–H and O–H groups in total. The number of aliphatic hydroxyl groups is 1. The number of aromatic nitrogens is 2. The molecule has 6 aromatic rings. The van der Waals surface area contributed by atoms with Crippen LogP contribution in [-0.2, 0) is 24.9 Å². The van der Waals surface area contributed by atoms with Crippen LogP contribution in [0.4, 0.5) is 13.2 Å². The van der Waals surface area contributed by atoms with Crippen molar-refractivity contribution >= 4 is 53.8 Å². The smallest absolute Gasteiger partial charge is 0.389 e. The molecule has 10 heteroatoms. The average molecular weight is 1120 g/mol. The van der Waals surface area contributed by atoms with Crippen molar-refractivity contribution in [2.75, 3.05) is 0 Å². The molecule has 0 bridgehead atoms. The molecule has 0 saturated heterocycles. The summed E-state index contributed by atoms with van der Waals surface area (Å²) in [6, 6.07) is 33.8. The van der Waals surface area contributed by atoms with Crippen LogP contribution in [0.2, 0.25) is 37.3 Å². The molecule has 0 spiro atoms. The summed E-state index contributed by atoms with van der Waals surface area (Å²) in [5.41, 5.74) is 10.5. The molecule has 0 fully saturated rings. The van der Waals surface area contributed by atoms with Crippen LogP contribution in [0.5, 0.6) is 0 Å². The van der Waals surface area contributed by atoms with Gasteiger partial charge >= 0.3 is 6.18 Å². The predicted molar refractivity (Wildman–Crippen MR) is 280 cm³/mol. The minimum atomic E-state index is -4.33. The van der Waals surface area contributed by atoms with Crippen LogP contribution in [0, 0.1) is 51.7 Å². The van der Waals surface area contributed by atoms with Crippen LogP contribution in [0.15, 0.2) is 97.0 Å². The van der Waals surface area contributed by atoms with Crippen molar-refractivity contribution in [2.45, 2.75) is 145 Å². The third-order valence-electron chi connectivity index (χ3n) is 13.8. The Kier molecular flexibility index (Phi) is 20.8. The van der Waals surface area contributed by atoms with Crippen molar-refractivity contribution in [3.05, 3.63) is 131 Å². The molecule has 0 aliphatic heterocycles. The van der Waals surface area contributed by atoms with Gasteiger partial charge in [-0.2, -0.15) is 13.2 Å². The van der Waals surface area contributed by atoms with Gasteiger partial charge in [0.2, 0.25) is 0 Å². The number of carbonyl (C=O) groups is 1. The quantitative estimate of drug-likeness (QED) is 0.0542. The fourth-order valence-corrected chi connectivity index (χ4v) is 11.5. The SMILES string of the molecule is CCC(CC)C(=O)/C=C(\O)C(CC)CC(F)(F)F.Cc1[c-]c(-c2nccc3cc([Si](C)(C)C(C)C)ccc23)cc(C)c1.Cc1[c-]c(-c2nccc3cc([Si](C)(C)C(C)C)ccc23)cc(C)c1.[Ir]. The van der Waals surface area contributed by atoms with Gasteiger partial charge < -0.3 is 15.1 Å². The molecule has 2 aromatic heterocycles. The maximum atomic E-state index is 12.3. The first-order valence-corrected chi connectivity index (χ1v) is 29.8. The molecule has 363 valence electrons. The number of benzene rings is 4. The van der Waals surface area contributed by atoms with Crippen LogP contribution < -0.4 is 10.4 Å². The van der Waals surface area contributed by atoms with Crippen molar-refractivity contribution < 1.29 is 43.2 Å². The van der Waals surface area contributed by atoms with Crippen molar-refractivity contribution in [1.29, 1.82) is 0 Å². The number of nitrogens with zero attached hydrogens (tertiary/aromatic N) is 2. The fourth-order valence-electron chi connectivity index (χ4n) is 8.11. The molecule has 0 aliphatic rings. The van der Waals surface area contributed by atoms with Crippen LogP contribution >= 0.6 is 0 Å². The van der Waals surface area contributed by atoms with Gasteiger partial charge in [0.05, 0.1) is 28.3 Å². The molecule has 0 saturated carbocycles. The van der Waals surface area contributed by atoms with E-state index in [0.717, 1.165) is 50.8 Å². The minimum Gasteiger partial charge on any atom is -0.512 e. The number of ketones is 1. The van der Waals surface area contributed by atoms with Crippen LogP contribution in [0.1, 0.15) is 96.4 Å². The Morgan fingerprint density at radius 2 is 1.03 bits per heavy atom. The zero-order valence-corrected chi connectivity index (χ0v) is 46.9. The third kappa shape index (κ3) is 15.1. The first-order valence-electron chi connectivity index (χ1n) is 23.6. The molecule has 1 radical (unpaired) electrons. The molecule has 2 heterocycles. The first-order chi connectivity index (χ1) is 30.8. The molecule has 6 rings (SSSR count). The van der Waals surface area contributed by atoms with Gasteiger partial charge in [-0.25, -0.2) is 0 Å². The van der Waals surface area contributed by atoms with Crippen molar-refractivity contribution in [3.63, 3.8) is 0 Å². The molecule has 0 aliphatic carbocycles. The largest absolute Gasteiger partial charge is 0.512 e. The van der Waals surface area contributed by atoms with E-state index in [2.05, 4.69) is 176 Å².